The van der Waals surface area contributed by atoms with Crippen molar-refractivity contribution < 1.29 is 0 Å². The number of nitrogens with two attached hydrogens (primary N) is 1. The van der Waals surface area contributed by atoms with Gasteiger partial charge in [-0.2, -0.15) is 0 Å². The molecule has 1 saturated heterocycles. The van der Waals surface area contributed by atoms with Crippen molar-refractivity contribution in [1.29, 1.82) is 0 Å². The Morgan fingerprint density at radius 3 is 2.51 bits per heavy atom. The van der Waals surface area contributed by atoms with Gasteiger partial charge in [0, 0.05) is 61.9 Å². The summed E-state index contributed by atoms with van der Waals surface area (Å²) in [5, 5.41) is 5.18. The maximum atomic E-state index is 5.93. The molecular weight excluding hydrogens is 526 g/mol. The largest absolute Gasteiger partial charge is 0.384 e. The van der Waals surface area contributed by atoms with Gasteiger partial charge in [-0.05, 0) is 90.3 Å². The molecule has 2 atom stereocenters. The molecule has 0 unspecified atom stereocenters. The van der Waals surface area contributed by atoms with E-state index in [4.69, 9.17) is 5.73 Å². The minimum atomic E-state index is 0.230. The highest BCUT2D eigenvalue weighted by molar-refractivity contribution is 5.83. The molecule has 5 heteroatoms. The van der Waals surface area contributed by atoms with E-state index in [-0.39, 0.29) is 6.04 Å². The van der Waals surface area contributed by atoms with Gasteiger partial charge >= 0.3 is 0 Å². The van der Waals surface area contributed by atoms with Crippen LogP contribution in [0.4, 0.5) is 0 Å². The molecule has 6 rings (SSSR count). The van der Waals surface area contributed by atoms with Crippen molar-refractivity contribution >= 4 is 16.6 Å². The summed E-state index contributed by atoms with van der Waals surface area (Å²) in [5.74, 6) is 0.309. The van der Waals surface area contributed by atoms with Crippen LogP contribution in [0.5, 0.6) is 0 Å². The fourth-order valence-electron chi connectivity index (χ4n) is 6.93. The molecule has 2 aliphatic rings. The first kappa shape index (κ1) is 30.7. The molecule has 1 fully saturated rings. The van der Waals surface area contributed by atoms with Crippen molar-refractivity contribution in [2.75, 3.05) is 33.7 Å². The van der Waals surface area contributed by atoms with Gasteiger partial charge < -0.3 is 25.8 Å². The van der Waals surface area contributed by atoms with Gasteiger partial charge in [0.15, 0.2) is 0 Å². The fourth-order valence-corrected chi connectivity index (χ4v) is 6.93. The Bertz CT molecular complexity index is 1520. The number of aryl methyl sites for hydroxylation is 1. The van der Waals surface area contributed by atoms with Gasteiger partial charge in [0.05, 0.1) is 0 Å². The van der Waals surface area contributed by atoms with Gasteiger partial charge in [-0.3, -0.25) is 0 Å². The van der Waals surface area contributed by atoms with Crippen molar-refractivity contribution in [3.8, 4) is 0 Å². The van der Waals surface area contributed by atoms with Gasteiger partial charge in [-0.1, -0.05) is 80.7 Å². The molecule has 5 nitrogen and oxygen atoms in total. The van der Waals surface area contributed by atoms with Crippen LogP contribution in [-0.2, 0) is 18.4 Å². The molecule has 4 N–H and O–H groups in total. The second-order valence-electron chi connectivity index (χ2n) is 12.6. The van der Waals surface area contributed by atoms with Crippen LogP contribution in [0.25, 0.3) is 16.6 Å². The van der Waals surface area contributed by atoms with Gasteiger partial charge in [0.2, 0.25) is 0 Å². The third-order valence-corrected chi connectivity index (χ3v) is 9.68. The second-order valence-corrected chi connectivity index (χ2v) is 12.6. The highest BCUT2D eigenvalue weighted by atomic mass is 15.2. The zero-order valence-corrected chi connectivity index (χ0v) is 26.3. The number of nitrogens with zero attached hydrogens (tertiary/aromatic N) is 2. The van der Waals surface area contributed by atoms with Crippen LogP contribution in [0.1, 0.15) is 59.9 Å². The summed E-state index contributed by atoms with van der Waals surface area (Å²) >= 11 is 0. The number of aromatic nitrogens is 1. The Balaban J connectivity index is 0.000000682. The Kier molecular flexibility index (Phi) is 9.74. The number of benzene rings is 3. The highest BCUT2D eigenvalue weighted by Crippen LogP contribution is 2.46. The molecule has 3 aromatic carbocycles. The minimum Gasteiger partial charge on any atom is -0.384 e. The van der Waals surface area contributed by atoms with Gasteiger partial charge in [0.1, 0.15) is 0 Å². The Labute approximate surface area is 258 Å². The number of fused-ring (bicyclic) bond motifs is 3. The number of nitrogens with one attached hydrogen (secondary N) is 2. The first-order valence-corrected chi connectivity index (χ1v) is 15.7. The molecule has 0 radical (unpaired) electrons. The molecule has 0 saturated carbocycles. The first-order chi connectivity index (χ1) is 20.8. The highest BCUT2D eigenvalue weighted by Gasteiger charge is 2.41. The molecule has 0 amide bonds. The van der Waals surface area contributed by atoms with Crippen molar-refractivity contribution in [1.82, 2.24) is 20.1 Å². The summed E-state index contributed by atoms with van der Waals surface area (Å²) in [5.41, 5.74) is 15.3. The van der Waals surface area contributed by atoms with Crippen LogP contribution < -0.4 is 11.1 Å². The van der Waals surface area contributed by atoms with Crippen molar-refractivity contribution in [2.45, 2.75) is 56.5 Å². The van der Waals surface area contributed by atoms with E-state index in [2.05, 4.69) is 114 Å². The quantitative estimate of drug-likeness (QED) is 0.201. The molecule has 226 valence electrons. The molecule has 0 bridgehead atoms. The number of rotatable bonds is 9. The minimum absolute atomic E-state index is 0.230. The Morgan fingerprint density at radius 2 is 1.77 bits per heavy atom. The molecule has 1 aliphatic carbocycles. The van der Waals surface area contributed by atoms with Crippen LogP contribution in [0.2, 0.25) is 0 Å². The van der Waals surface area contributed by atoms with Crippen molar-refractivity contribution in [3.63, 3.8) is 0 Å². The van der Waals surface area contributed by atoms with E-state index in [1.54, 1.807) is 17.3 Å². The Morgan fingerprint density at radius 1 is 1.05 bits per heavy atom. The number of para-hydroxylation sites is 1. The molecule has 1 aliphatic heterocycles. The fraction of sp³-hybridized carbons (Fsp3) is 0.368. The summed E-state index contributed by atoms with van der Waals surface area (Å²) in [6.07, 6.45) is 8.99. The average molecular weight is 576 g/mol. The normalized spacial score (nSPS) is 17.0. The van der Waals surface area contributed by atoms with Crippen LogP contribution in [-0.4, -0.2) is 54.6 Å². The van der Waals surface area contributed by atoms with Gasteiger partial charge in [-0.25, -0.2) is 0 Å². The molecule has 1 spiro atoms. The number of hydrogen-bond donors (Lipinski definition) is 3. The summed E-state index contributed by atoms with van der Waals surface area (Å²) < 4.78 is 0. The summed E-state index contributed by atoms with van der Waals surface area (Å²) in [6, 6.07) is 26.5. The first-order valence-electron chi connectivity index (χ1n) is 15.7. The number of likely N-dealkylation sites (tertiary alicyclic amines) is 1. The Hall–Kier alpha value is -3.80. The number of piperidine rings is 1. The van der Waals surface area contributed by atoms with Crippen molar-refractivity contribution in [2.24, 2.45) is 5.73 Å². The van der Waals surface area contributed by atoms with E-state index in [1.807, 2.05) is 19.0 Å². The smallest absolute Gasteiger partial charge is 0.0456 e. The molecular formula is C38H49N5. The SMILES string of the molecule is C=C(N[C@@H](CN1CCC2(CCc3ccccc32)CC1)[C@H](C)c1c[nH]c2ccccc12)c1cccc(CN)c1.C=CN(C)C. The average Bonchev–Trinajstić information content (AvgIpc) is 3.64. The lowest BCUT2D eigenvalue weighted by atomic mass is 9.73. The zero-order valence-electron chi connectivity index (χ0n) is 26.3. The van der Waals surface area contributed by atoms with Crippen molar-refractivity contribution in [3.05, 3.63) is 126 Å². The maximum Gasteiger partial charge on any atom is 0.0456 e. The van der Waals surface area contributed by atoms with E-state index in [0.717, 1.165) is 36.5 Å². The monoisotopic (exact) mass is 575 g/mol. The summed E-state index contributed by atoms with van der Waals surface area (Å²) in [7, 11) is 3.88. The number of aromatic amines is 1. The van der Waals surface area contributed by atoms with Gasteiger partial charge in [-0.15, -0.1) is 0 Å². The predicted octanol–water partition coefficient (Wildman–Crippen LogP) is 7.03. The topological polar surface area (TPSA) is 60.3 Å². The standard InChI is InChI=1S/C34H40N4.C4H9N/c1-24(30-22-36-32-13-6-4-11-29(30)32)33(37-25(2)28-10-7-8-26(20-28)21-35)23-38-18-16-34(17-19-38)15-14-27-9-3-5-12-31(27)34;1-4-5(2)3/h3-13,20,22,24,33,36-37H,2,14-19,21,23,35H2,1H3;4H,1H2,2-3H3/t24-,33+;/m1./s1. The molecule has 2 heterocycles. The zero-order chi connectivity index (χ0) is 30.4. The number of hydrogen-bond acceptors (Lipinski definition) is 4. The van der Waals surface area contributed by atoms with E-state index >= 15 is 0 Å². The van der Waals surface area contributed by atoms with Crippen LogP contribution >= 0.6 is 0 Å². The maximum absolute atomic E-state index is 5.93. The summed E-state index contributed by atoms with van der Waals surface area (Å²) in [6.45, 7) is 14.1. The third-order valence-electron chi connectivity index (χ3n) is 9.68. The second kappa shape index (κ2) is 13.7. The lowest BCUT2D eigenvalue weighted by Gasteiger charge is -2.42. The van der Waals surface area contributed by atoms with E-state index < -0.39 is 0 Å². The van der Waals surface area contributed by atoms with E-state index in [0.29, 0.717) is 17.9 Å². The summed E-state index contributed by atoms with van der Waals surface area (Å²) in [4.78, 5) is 8.06. The molecule has 43 heavy (non-hydrogen) atoms. The number of H-pyrrole nitrogens is 1. The van der Waals surface area contributed by atoms with Crippen LogP contribution in [0.15, 0.2) is 98.4 Å². The lowest BCUT2D eigenvalue weighted by molar-refractivity contribution is 0.144. The van der Waals surface area contributed by atoms with Crippen LogP contribution in [0.3, 0.4) is 0 Å². The molecule has 4 aromatic rings. The predicted molar refractivity (Wildman–Crippen MR) is 183 cm³/mol. The molecule has 1 aromatic heterocycles. The van der Waals surface area contributed by atoms with E-state index in [1.165, 1.54) is 42.1 Å². The third kappa shape index (κ3) is 6.90. The van der Waals surface area contributed by atoms with Gasteiger partial charge in [0.25, 0.3) is 0 Å². The van der Waals surface area contributed by atoms with Crippen LogP contribution in [0, 0.1) is 0 Å². The lowest BCUT2D eigenvalue weighted by Crippen LogP contribution is -2.48. The van der Waals surface area contributed by atoms with E-state index in [9.17, 15) is 0 Å².